The fourth-order valence-electron chi connectivity index (χ4n) is 3.70. The quantitative estimate of drug-likeness (QED) is 0.855. The van der Waals surface area contributed by atoms with E-state index in [9.17, 15) is 0 Å². The first kappa shape index (κ1) is 16.5. The highest BCUT2D eigenvalue weighted by atomic mass is 15.1. The van der Waals surface area contributed by atoms with Gasteiger partial charge in [-0.3, -0.25) is 0 Å². The van der Waals surface area contributed by atoms with Crippen LogP contribution in [0.3, 0.4) is 0 Å². The van der Waals surface area contributed by atoms with Crippen molar-refractivity contribution in [3.63, 3.8) is 0 Å². The standard InChI is InChI=1S/C19H32N2/c1-5-20-19-11-8-16(3)12-18(19)14-21(4)13-17-9-6-15(2)7-10-17/h6-7,9-10,16,18-20H,5,8,11-14H2,1-4H3. The first-order valence-electron chi connectivity index (χ1n) is 8.56. The minimum atomic E-state index is 0.715. The van der Waals surface area contributed by atoms with Gasteiger partial charge in [-0.05, 0) is 57.2 Å². The number of hydrogen-bond donors (Lipinski definition) is 1. The Kier molecular flexibility index (Phi) is 6.25. The fourth-order valence-corrected chi connectivity index (χ4v) is 3.70. The molecular weight excluding hydrogens is 256 g/mol. The first-order valence-corrected chi connectivity index (χ1v) is 8.56. The molecule has 1 aliphatic carbocycles. The van der Waals surface area contributed by atoms with Crippen LogP contribution >= 0.6 is 0 Å². The van der Waals surface area contributed by atoms with Crippen LogP contribution in [0.25, 0.3) is 0 Å². The summed E-state index contributed by atoms with van der Waals surface area (Å²) in [4.78, 5) is 2.50. The van der Waals surface area contributed by atoms with Crippen LogP contribution in [0.2, 0.25) is 0 Å². The maximum atomic E-state index is 3.71. The Hall–Kier alpha value is -0.860. The van der Waals surface area contributed by atoms with Crippen molar-refractivity contribution in [2.75, 3.05) is 20.1 Å². The molecule has 0 saturated heterocycles. The Balaban J connectivity index is 1.89. The van der Waals surface area contributed by atoms with Crippen molar-refractivity contribution in [3.8, 4) is 0 Å². The molecule has 2 rings (SSSR count). The van der Waals surface area contributed by atoms with Crippen molar-refractivity contribution >= 4 is 0 Å². The summed E-state index contributed by atoms with van der Waals surface area (Å²) in [7, 11) is 2.27. The first-order chi connectivity index (χ1) is 10.1. The van der Waals surface area contributed by atoms with Crippen molar-refractivity contribution in [1.82, 2.24) is 10.2 Å². The lowest BCUT2D eigenvalue weighted by atomic mass is 9.78. The van der Waals surface area contributed by atoms with Gasteiger partial charge in [0.25, 0.3) is 0 Å². The molecule has 0 aromatic heterocycles. The van der Waals surface area contributed by atoms with Crippen LogP contribution in [0.1, 0.15) is 44.2 Å². The van der Waals surface area contributed by atoms with Crippen LogP contribution in [0.15, 0.2) is 24.3 Å². The number of hydrogen-bond acceptors (Lipinski definition) is 2. The molecule has 2 heteroatoms. The summed E-state index contributed by atoms with van der Waals surface area (Å²) in [6, 6.07) is 9.67. The second-order valence-corrected chi connectivity index (χ2v) is 7.02. The van der Waals surface area contributed by atoms with E-state index in [0.717, 1.165) is 24.9 Å². The van der Waals surface area contributed by atoms with Crippen molar-refractivity contribution in [2.45, 2.75) is 52.6 Å². The van der Waals surface area contributed by atoms with Crippen LogP contribution in [0, 0.1) is 18.8 Å². The predicted molar refractivity (Wildman–Crippen MR) is 91.5 cm³/mol. The second-order valence-electron chi connectivity index (χ2n) is 7.02. The fraction of sp³-hybridized carbons (Fsp3) is 0.684. The number of rotatable bonds is 6. The van der Waals surface area contributed by atoms with Gasteiger partial charge < -0.3 is 10.2 Å². The third-order valence-corrected chi connectivity index (χ3v) is 4.83. The van der Waals surface area contributed by atoms with Crippen molar-refractivity contribution < 1.29 is 0 Å². The molecular formula is C19H32N2. The molecule has 1 N–H and O–H groups in total. The van der Waals surface area contributed by atoms with Gasteiger partial charge in [-0.2, -0.15) is 0 Å². The van der Waals surface area contributed by atoms with Crippen molar-refractivity contribution in [3.05, 3.63) is 35.4 Å². The number of nitrogens with zero attached hydrogens (tertiary/aromatic N) is 1. The second kappa shape index (κ2) is 7.95. The summed E-state index contributed by atoms with van der Waals surface area (Å²) in [5.41, 5.74) is 2.77. The molecule has 118 valence electrons. The molecule has 0 radical (unpaired) electrons. The van der Waals surface area contributed by atoms with E-state index in [1.165, 1.54) is 36.9 Å². The topological polar surface area (TPSA) is 15.3 Å². The third kappa shape index (κ3) is 5.12. The molecule has 1 saturated carbocycles. The van der Waals surface area contributed by atoms with E-state index in [4.69, 9.17) is 0 Å². The smallest absolute Gasteiger partial charge is 0.0230 e. The highest BCUT2D eigenvalue weighted by Crippen LogP contribution is 2.29. The molecule has 0 bridgehead atoms. The van der Waals surface area contributed by atoms with Gasteiger partial charge in [0.15, 0.2) is 0 Å². The Morgan fingerprint density at radius 1 is 1.19 bits per heavy atom. The lowest BCUT2D eigenvalue weighted by molar-refractivity contribution is 0.158. The lowest BCUT2D eigenvalue weighted by Gasteiger charge is -2.37. The zero-order valence-corrected chi connectivity index (χ0v) is 14.2. The van der Waals surface area contributed by atoms with Crippen LogP contribution in [-0.4, -0.2) is 31.1 Å². The monoisotopic (exact) mass is 288 g/mol. The average Bonchev–Trinajstić information content (AvgIpc) is 2.44. The summed E-state index contributed by atoms with van der Waals surface area (Å²) >= 11 is 0. The lowest BCUT2D eigenvalue weighted by Crippen LogP contribution is -2.44. The maximum absolute atomic E-state index is 3.71. The minimum Gasteiger partial charge on any atom is -0.314 e. The van der Waals surface area contributed by atoms with Gasteiger partial charge in [-0.1, -0.05) is 43.7 Å². The van der Waals surface area contributed by atoms with Gasteiger partial charge in [0.1, 0.15) is 0 Å². The van der Waals surface area contributed by atoms with Gasteiger partial charge in [0.05, 0.1) is 0 Å². The Morgan fingerprint density at radius 3 is 2.57 bits per heavy atom. The van der Waals surface area contributed by atoms with Gasteiger partial charge in [0.2, 0.25) is 0 Å². The molecule has 21 heavy (non-hydrogen) atoms. The third-order valence-electron chi connectivity index (χ3n) is 4.83. The van der Waals surface area contributed by atoms with E-state index in [1.807, 2.05) is 0 Å². The van der Waals surface area contributed by atoms with Gasteiger partial charge in [0, 0.05) is 19.1 Å². The van der Waals surface area contributed by atoms with Crippen LogP contribution in [0.5, 0.6) is 0 Å². The van der Waals surface area contributed by atoms with Crippen molar-refractivity contribution in [1.29, 1.82) is 0 Å². The number of benzene rings is 1. The molecule has 0 amide bonds. The summed E-state index contributed by atoms with van der Waals surface area (Å²) in [5, 5.41) is 3.71. The van der Waals surface area contributed by atoms with Gasteiger partial charge >= 0.3 is 0 Å². The zero-order valence-electron chi connectivity index (χ0n) is 14.2. The molecule has 1 aliphatic rings. The Morgan fingerprint density at radius 2 is 1.90 bits per heavy atom. The summed E-state index contributed by atoms with van der Waals surface area (Å²) in [6.45, 7) is 10.1. The molecule has 1 aromatic rings. The Labute approximate surface area is 130 Å². The molecule has 3 atom stereocenters. The Bertz CT molecular complexity index is 412. The highest BCUT2D eigenvalue weighted by Gasteiger charge is 2.28. The molecule has 1 aromatic carbocycles. The molecule has 1 fully saturated rings. The minimum absolute atomic E-state index is 0.715. The van der Waals surface area contributed by atoms with E-state index in [0.29, 0.717) is 6.04 Å². The van der Waals surface area contributed by atoms with E-state index in [1.54, 1.807) is 0 Å². The van der Waals surface area contributed by atoms with Crippen LogP contribution < -0.4 is 5.32 Å². The van der Waals surface area contributed by atoms with E-state index in [-0.39, 0.29) is 0 Å². The normalized spacial score (nSPS) is 26.2. The zero-order chi connectivity index (χ0) is 15.2. The van der Waals surface area contributed by atoms with Crippen LogP contribution in [0.4, 0.5) is 0 Å². The summed E-state index contributed by atoms with van der Waals surface area (Å²) < 4.78 is 0. The predicted octanol–water partition coefficient (Wildman–Crippen LogP) is 3.84. The van der Waals surface area contributed by atoms with Crippen LogP contribution in [-0.2, 0) is 6.54 Å². The SMILES string of the molecule is CCNC1CCC(C)CC1CN(C)Cc1ccc(C)cc1. The van der Waals surface area contributed by atoms with Crippen molar-refractivity contribution in [2.24, 2.45) is 11.8 Å². The van der Waals surface area contributed by atoms with E-state index < -0.39 is 0 Å². The molecule has 3 unspecified atom stereocenters. The highest BCUT2D eigenvalue weighted by molar-refractivity contribution is 5.21. The average molecular weight is 288 g/mol. The van der Waals surface area contributed by atoms with Gasteiger partial charge in [-0.15, -0.1) is 0 Å². The molecule has 0 spiro atoms. The largest absolute Gasteiger partial charge is 0.314 e. The van der Waals surface area contributed by atoms with E-state index >= 15 is 0 Å². The number of aryl methyl sites for hydroxylation is 1. The van der Waals surface area contributed by atoms with Gasteiger partial charge in [-0.25, -0.2) is 0 Å². The molecule has 2 nitrogen and oxygen atoms in total. The summed E-state index contributed by atoms with van der Waals surface area (Å²) in [5.74, 6) is 1.68. The summed E-state index contributed by atoms with van der Waals surface area (Å²) in [6.07, 6.45) is 4.10. The number of nitrogens with one attached hydrogen (secondary N) is 1. The maximum Gasteiger partial charge on any atom is 0.0230 e. The molecule has 0 aliphatic heterocycles. The molecule has 0 heterocycles. The van der Waals surface area contributed by atoms with E-state index in [2.05, 4.69) is 62.3 Å².